The summed E-state index contributed by atoms with van der Waals surface area (Å²) in [5.41, 5.74) is -0.0712. The van der Waals surface area contributed by atoms with Crippen LogP contribution in [0, 0.1) is 0 Å². The van der Waals surface area contributed by atoms with Crippen LogP contribution >= 0.6 is 11.6 Å². The minimum absolute atomic E-state index is 0.00706. The maximum Gasteiger partial charge on any atom is 0.266 e. The van der Waals surface area contributed by atoms with Crippen LogP contribution in [-0.4, -0.2) is 53.3 Å². The van der Waals surface area contributed by atoms with Crippen molar-refractivity contribution in [1.29, 1.82) is 0 Å². The van der Waals surface area contributed by atoms with E-state index >= 15 is 0 Å². The maximum absolute atomic E-state index is 12.1. The Labute approximate surface area is 108 Å². The number of hydrogen-bond donors (Lipinski definition) is 1. The second-order valence-corrected chi connectivity index (χ2v) is 4.41. The Morgan fingerprint density at radius 1 is 1.33 bits per heavy atom. The molecule has 0 bridgehead atoms. The molecule has 2 heterocycles. The zero-order chi connectivity index (χ0) is 13.1. The van der Waals surface area contributed by atoms with Crippen molar-refractivity contribution in [2.45, 2.75) is 0 Å². The van der Waals surface area contributed by atoms with E-state index in [0.29, 0.717) is 31.7 Å². The molecule has 0 aromatic carbocycles. The Kier molecular flexibility index (Phi) is 3.66. The molecule has 1 aromatic rings. The van der Waals surface area contributed by atoms with E-state index in [-0.39, 0.29) is 10.9 Å². The Balaban J connectivity index is 2.10. The Bertz CT molecular complexity index is 521. The third-order valence-electron chi connectivity index (χ3n) is 2.86. The molecule has 0 spiro atoms. The lowest BCUT2D eigenvalue weighted by atomic mass is 10.2. The van der Waals surface area contributed by atoms with Gasteiger partial charge in [-0.3, -0.25) is 14.4 Å². The predicted octanol–water partition coefficient (Wildman–Crippen LogP) is -0.0575. The summed E-state index contributed by atoms with van der Waals surface area (Å²) in [7, 11) is 0. The fraction of sp³-hybridized carbons (Fsp3) is 0.364. The predicted molar refractivity (Wildman–Crippen MR) is 65.6 cm³/mol. The van der Waals surface area contributed by atoms with E-state index in [0.717, 1.165) is 6.41 Å². The Hall–Kier alpha value is -1.82. The van der Waals surface area contributed by atoms with Crippen molar-refractivity contribution in [2.24, 2.45) is 0 Å². The van der Waals surface area contributed by atoms with Gasteiger partial charge in [0.1, 0.15) is 5.02 Å². The second kappa shape index (κ2) is 5.22. The molecule has 18 heavy (non-hydrogen) atoms. The van der Waals surface area contributed by atoms with Crippen LogP contribution in [0.5, 0.6) is 0 Å². The number of aromatic amines is 1. The molecule has 96 valence electrons. The molecular formula is C11H12ClN3O3. The van der Waals surface area contributed by atoms with E-state index in [1.165, 1.54) is 12.3 Å². The van der Waals surface area contributed by atoms with Crippen molar-refractivity contribution in [3.8, 4) is 0 Å². The van der Waals surface area contributed by atoms with Crippen molar-refractivity contribution in [3.05, 3.63) is 33.2 Å². The van der Waals surface area contributed by atoms with Crippen LogP contribution in [0.15, 0.2) is 17.1 Å². The first-order valence-electron chi connectivity index (χ1n) is 5.48. The molecular weight excluding hydrogens is 258 g/mol. The fourth-order valence-electron chi connectivity index (χ4n) is 1.79. The highest BCUT2D eigenvalue weighted by Gasteiger charge is 2.21. The molecule has 7 heteroatoms. The third-order valence-corrected chi connectivity index (χ3v) is 3.14. The molecule has 0 unspecified atom stereocenters. The monoisotopic (exact) mass is 269 g/mol. The summed E-state index contributed by atoms with van der Waals surface area (Å²) in [6.45, 7) is 2.00. The lowest BCUT2D eigenvalue weighted by Crippen LogP contribution is -2.48. The molecule has 1 N–H and O–H groups in total. The van der Waals surface area contributed by atoms with Gasteiger partial charge >= 0.3 is 0 Å². The summed E-state index contributed by atoms with van der Waals surface area (Å²) in [6, 6.07) is 1.36. The zero-order valence-electron chi connectivity index (χ0n) is 9.56. The standard InChI is InChI=1S/C11H12ClN3O3/c12-9-5-8(6-13-10(9)17)11(18)15-3-1-14(7-16)2-4-15/h5-7H,1-4H2,(H,13,17). The summed E-state index contributed by atoms with van der Waals surface area (Å²) >= 11 is 5.67. The smallest absolute Gasteiger partial charge is 0.266 e. The number of nitrogens with one attached hydrogen (secondary N) is 1. The summed E-state index contributed by atoms with van der Waals surface area (Å²) in [5.74, 6) is -0.196. The largest absolute Gasteiger partial charge is 0.342 e. The number of carbonyl (C=O) groups excluding carboxylic acids is 2. The maximum atomic E-state index is 12.1. The van der Waals surface area contributed by atoms with Crippen LogP contribution in [0.2, 0.25) is 5.02 Å². The number of piperazine rings is 1. The van der Waals surface area contributed by atoms with Crippen LogP contribution in [0.4, 0.5) is 0 Å². The van der Waals surface area contributed by atoms with Crippen molar-refractivity contribution in [1.82, 2.24) is 14.8 Å². The fourth-order valence-corrected chi connectivity index (χ4v) is 1.96. The molecule has 0 saturated carbocycles. The van der Waals surface area contributed by atoms with Crippen LogP contribution < -0.4 is 5.56 Å². The Morgan fingerprint density at radius 2 is 2.00 bits per heavy atom. The number of hydrogen-bond acceptors (Lipinski definition) is 3. The van der Waals surface area contributed by atoms with E-state index in [9.17, 15) is 14.4 Å². The highest BCUT2D eigenvalue weighted by Crippen LogP contribution is 2.09. The van der Waals surface area contributed by atoms with Crippen LogP contribution in [0.25, 0.3) is 0 Å². The average Bonchev–Trinajstić information content (AvgIpc) is 2.41. The van der Waals surface area contributed by atoms with E-state index in [2.05, 4.69) is 4.98 Å². The first-order valence-corrected chi connectivity index (χ1v) is 5.86. The number of aromatic nitrogens is 1. The SMILES string of the molecule is O=CN1CCN(C(=O)c2c[nH]c(=O)c(Cl)c2)CC1. The van der Waals surface area contributed by atoms with Crippen LogP contribution in [-0.2, 0) is 4.79 Å². The molecule has 1 aliphatic rings. The molecule has 1 saturated heterocycles. The molecule has 1 fully saturated rings. The summed E-state index contributed by atoms with van der Waals surface area (Å²) in [6.07, 6.45) is 2.13. The van der Waals surface area contributed by atoms with Gasteiger partial charge in [0.2, 0.25) is 6.41 Å². The molecule has 2 amide bonds. The van der Waals surface area contributed by atoms with Gasteiger partial charge in [0, 0.05) is 32.4 Å². The minimum Gasteiger partial charge on any atom is -0.342 e. The lowest BCUT2D eigenvalue weighted by molar-refractivity contribution is -0.119. The highest BCUT2D eigenvalue weighted by molar-refractivity contribution is 6.30. The van der Waals surface area contributed by atoms with E-state index in [1.54, 1.807) is 9.80 Å². The number of pyridine rings is 1. The quantitative estimate of drug-likeness (QED) is 0.765. The second-order valence-electron chi connectivity index (χ2n) is 4.00. The molecule has 6 nitrogen and oxygen atoms in total. The van der Waals surface area contributed by atoms with E-state index < -0.39 is 5.56 Å². The molecule has 0 radical (unpaired) electrons. The topological polar surface area (TPSA) is 73.5 Å². The van der Waals surface area contributed by atoms with Crippen LogP contribution in [0.1, 0.15) is 10.4 Å². The van der Waals surface area contributed by atoms with E-state index in [1.807, 2.05) is 0 Å². The normalized spacial score (nSPS) is 15.6. The van der Waals surface area contributed by atoms with Gasteiger partial charge < -0.3 is 14.8 Å². The van der Waals surface area contributed by atoms with Crippen LogP contribution in [0.3, 0.4) is 0 Å². The average molecular weight is 270 g/mol. The van der Waals surface area contributed by atoms with Gasteiger partial charge in [-0.05, 0) is 6.07 Å². The summed E-state index contributed by atoms with van der Waals surface area (Å²) in [5, 5.41) is -0.00706. The molecule has 2 rings (SSSR count). The molecule has 1 aliphatic heterocycles. The lowest BCUT2D eigenvalue weighted by Gasteiger charge is -2.32. The minimum atomic E-state index is -0.418. The number of rotatable bonds is 2. The molecule has 1 aromatic heterocycles. The summed E-state index contributed by atoms with van der Waals surface area (Å²) < 4.78 is 0. The van der Waals surface area contributed by atoms with Crippen molar-refractivity contribution in [3.63, 3.8) is 0 Å². The van der Waals surface area contributed by atoms with Gasteiger partial charge in [0.05, 0.1) is 5.56 Å². The molecule has 0 aliphatic carbocycles. The van der Waals surface area contributed by atoms with Crippen molar-refractivity contribution < 1.29 is 9.59 Å². The van der Waals surface area contributed by atoms with Gasteiger partial charge in [-0.25, -0.2) is 0 Å². The number of halogens is 1. The number of H-pyrrole nitrogens is 1. The number of amides is 2. The Morgan fingerprint density at radius 3 is 2.56 bits per heavy atom. The highest BCUT2D eigenvalue weighted by atomic mass is 35.5. The van der Waals surface area contributed by atoms with Gasteiger partial charge in [-0.1, -0.05) is 11.6 Å². The summed E-state index contributed by atoms with van der Waals surface area (Å²) in [4.78, 5) is 39.4. The van der Waals surface area contributed by atoms with Gasteiger partial charge in [-0.15, -0.1) is 0 Å². The van der Waals surface area contributed by atoms with Crippen molar-refractivity contribution >= 4 is 23.9 Å². The first-order chi connectivity index (χ1) is 8.61. The van der Waals surface area contributed by atoms with Gasteiger partial charge in [-0.2, -0.15) is 0 Å². The zero-order valence-corrected chi connectivity index (χ0v) is 10.3. The van der Waals surface area contributed by atoms with Crippen molar-refractivity contribution in [2.75, 3.05) is 26.2 Å². The van der Waals surface area contributed by atoms with Gasteiger partial charge in [0.15, 0.2) is 0 Å². The molecule has 0 atom stereocenters. The number of nitrogens with zero attached hydrogens (tertiary/aromatic N) is 2. The third kappa shape index (κ3) is 2.53. The number of carbonyl (C=O) groups is 2. The van der Waals surface area contributed by atoms with E-state index in [4.69, 9.17) is 11.6 Å². The van der Waals surface area contributed by atoms with Gasteiger partial charge in [0.25, 0.3) is 11.5 Å². The first kappa shape index (κ1) is 12.6.